The Morgan fingerprint density at radius 3 is 1.93 bits per heavy atom. The van der Waals surface area contributed by atoms with E-state index in [-0.39, 0.29) is 22.6 Å². The minimum atomic E-state index is -1.41. The van der Waals surface area contributed by atoms with Gasteiger partial charge < -0.3 is 9.15 Å². The molecular formula is C35H44F4O3. The highest BCUT2D eigenvalue weighted by Crippen LogP contribution is 2.41. The highest BCUT2D eigenvalue weighted by molar-refractivity contribution is 6.06. The number of esters is 1. The van der Waals surface area contributed by atoms with E-state index in [0.717, 1.165) is 56.9 Å². The summed E-state index contributed by atoms with van der Waals surface area (Å²) in [6.45, 7) is 4.35. The molecule has 1 aromatic heterocycles. The van der Waals surface area contributed by atoms with Crippen molar-refractivity contribution < 1.29 is 31.5 Å². The number of hydrogen-bond donors (Lipinski definition) is 0. The number of unbranched alkanes of at least 4 members (excludes halogenated alkanes) is 2. The highest BCUT2D eigenvalue weighted by Gasteiger charge is 2.31. The maximum absolute atomic E-state index is 15.3. The Labute approximate surface area is 246 Å². The molecule has 0 N–H and O–H groups in total. The first-order valence-corrected chi connectivity index (χ1v) is 16.2. The zero-order valence-corrected chi connectivity index (χ0v) is 25.0. The number of ether oxygens (including phenoxy) is 1. The van der Waals surface area contributed by atoms with Gasteiger partial charge in [0.1, 0.15) is 11.2 Å². The summed E-state index contributed by atoms with van der Waals surface area (Å²) in [5.41, 5.74) is -0.0555. The van der Waals surface area contributed by atoms with E-state index in [9.17, 15) is 4.79 Å². The van der Waals surface area contributed by atoms with Crippen LogP contribution in [0.5, 0.6) is 5.75 Å². The summed E-state index contributed by atoms with van der Waals surface area (Å²) < 4.78 is 71.9. The van der Waals surface area contributed by atoms with Crippen molar-refractivity contribution in [3.8, 4) is 5.75 Å². The van der Waals surface area contributed by atoms with E-state index in [0.29, 0.717) is 31.1 Å². The number of rotatable bonds is 11. The number of hydrogen-bond acceptors (Lipinski definition) is 3. The Morgan fingerprint density at radius 2 is 1.29 bits per heavy atom. The average molecular weight is 589 g/mol. The molecule has 3 nitrogen and oxygen atoms in total. The van der Waals surface area contributed by atoms with Crippen LogP contribution in [-0.2, 0) is 11.2 Å². The summed E-state index contributed by atoms with van der Waals surface area (Å²) in [7, 11) is 0. The number of aryl methyl sites for hydroxylation is 1. The Hall–Kier alpha value is -2.57. The van der Waals surface area contributed by atoms with E-state index < -0.39 is 45.8 Å². The summed E-state index contributed by atoms with van der Waals surface area (Å²) in [5, 5.41) is -0.908. The first-order chi connectivity index (χ1) is 20.3. The molecule has 0 aliphatic heterocycles. The van der Waals surface area contributed by atoms with E-state index in [1.54, 1.807) is 0 Å². The van der Waals surface area contributed by atoms with Crippen LogP contribution >= 0.6 is 0 Å². The summed E-state index contributed by atoms with van der Waals surface area (Å²) in [4.78, 5) is 12.8. The van der Waals surface area contributed by atoms with Crippen LogP contribution in [0.1, 0.15) is 116 Å². The van der Waals surface area contributed by atoms with Crippen molar-refractivity contribution in [1.29, 1.82) is 0 Å². The van der Waals surface area contributed by atoms with Gasteiger partial charge in [-0.05, 0) is 67.9 Å². The van der Waals surface area contributed by atoms with Crippen molar-refractivity contribution in [1.82, 2.24) is 0 Å². The molecule has 230 valence electrons. The lowest BCUT2D eigenvalue weighted by Gasteiger charge is -2.28. The zero-order chi connectivity index (χ0) is 29.8. The molecule has 0 bridgehead atoms. The summed E-state index contributed by atoms with van der Waals surface area (Å²) in [6.07, 6.45) is 16.0. The van der Waals surface area contributed by atoms with Gasteiger partial charge >= 0.3 is 5.97 Å². The van der Waals surface area contributed by atoms with Gasteiger partial charge in [0.05, 0.1) is 16.7 Å². The van der Waals surface area contributed by atoms with Crippen LogP contribution in [0.25, 0.3) is 21.9 Å². The van der Waals surface area contributed by atoms with Gasteiger partial charge in [-0.25, -0.2) is 13.2 Å². The van der Waals surface area contributed by atoms with Crippen LogP contribution in [-0.4, -0.2) is 5.97 Å². The van der Waals surface area contributed by atoms with Crippen LogP contribution < -0.4 is 4.74 Å². The monoisotopic (exact) mass is 588 g/mol. The summed E-state index contributed by atoms with van der Waals surface area (Å²) in [6, 6.07) is 2.48. The van der Waals surface area contributed by atoms with Gasteiger partial charge in [0.2, 0.25) is 5.82 Å². The van der Waals surface area contributed by atoms with Crippen molar-refractivity contribution in [2.24, 2.45) is 23.7 Å². The normalized spacial score (nSPS) is 23.1. The van der Waals surface area contributed by atoms with E-state index in [1.165, 1.54) is 44.6 Å². The number of furan rings is 1. The maximum Gasteiger partial charge on any atom is 0.314 e. The van der Waals surface area contributed by atoms with E-state index in [2.05, 4.69) is 13.8 Å². The van der Waals surface area contributed by atoms with Gasteiger partial charge in [0.25, 0.3) is 0 Å². The van der Waals surface area contributed by atoms with Crippen LogP contribution in [0.3, 0.4) is 0 Å². The van der Waals surface area contributed by atoms with Gasteiger partial charge in [-0.1, -0.05) is 78.1 Å². The molecule has 1 heterocycles. The molecule has 0 atom stereocenters. The topological polar surface area (TPSA) is 39.4 Å². The minimum absolute atomic E-state index is 0.0467. The Kier molecular flexibility index (Phi) is 10.2. The van der Waals surface area contributed by atoms with Crippen LogP contribution in [0.4, 0.5) is 17.6 Å². The molecule has 2 aliphatic rings. The minimum Gasteiger partial charge on any atom is -0.456 e. The van der Waals surface area contributed by atoms with Gasteiger partial charge in [-0.2, -0.15) is 4.39 Å². The number of benzene rings is 2. The molecule has 0 amide bonds. The fourth-order valence-corrected chi connectivity index (χ4v) is 7.37. The molecule has 2 saturated carbocycles. The molecule has 2 aliphatic carbocycles. The predicted octanol–water partition coefficient (Wildman–Crippen LogP) is 11.0. The zero-order valence-electron chi connectivity index (χ0n) is 25.0. The second-order valence-corrected chi connectivity index (χ2v) is 12.9. The number of carbonyl (C=O) groups excluding carboxylic acids is 1. The molecule has 3 aromatic rings. The molecule has 0 spiro atoms. The summed E-state index contributed by atoms with van der Waals surface area (Å²) >= 11 is 0. The van der Waals surface area contributed by atoms with Crippen LogP contribution in [0.2, 0.25) is 0 Å². The smallest absolute Gasteiger partial charge is 0.314 e. The largest absolute Gasteiger partial charge is 0.456 e. The van der Waals surface area contributed by atoms with E-state index in [1.807, 2.05) is 0 Å². The predicted molar refractivity (Wildman–Crippen MR) is 157 cm³/mol. The second-order valence-electron chi connectivity index (χ2n) is 12.9. The fraction of sp³-hybridized carbons (Fsp3) is 0.629. The first-order valence-electron chi connectivity index (χ1n) is 16.2. The van der Waals surface area contributed by atoms with E-state index >= 15 is 17.6 Å². The quantitative estimate of drug-likeness (QED) is 0.0968. The Bertz CT molecular complexity index is 1380. The van der Waals surface area contributed by atoms with Crippen molar-refractivity contribution in [2.45, 2.75) is 117 Å². The molecule has 7 heteroatoms. The molecule has 0 radical (unpaired) electrons. The lowest BCUT2D eigenvalue weighted by atomic mass is 9.77. The van der Waals surface area contributed by atoms with Crippen LogP contribution in [0.15, 0.2) is 16.5 Å². The third-order valence-electron chi connectivity index (χ3n) is 9.94. The molecule has 2 aromatic carbocycles. The number of carbonyl (C=O) groups is 1. The first kappa shape index (κ1) is 30.9. The number of halogens is 4. The molecule has 2 fully saturated rings. The molecule has 42 heavy (non-hydrogen) atoms. The standard InChI is InChI=1S/C35H44F4O3/c1-3-5-6-8-22-9-11-23(12-10-22)15-18-25-19-26-29(33(38)31(25)36)30-27(41-26)20-28(32(37)34(30)39)42-35(40)24-16-13-21(7-4-2)14-17-24/h19-24H,3-18H2,1-2H3. The van der Waals surface area contributed by atoms with E-state index in [4.69, 9.17) is 9.15 Å². The SMILES string of the molecule is CCCCCC1CCC(CCc2cc3oc4cc(OC(=O)C5CCC(CCC)CC5)c(F)c(F)c4c3c(F)c2F)CC1. The molecular weight excluding hydrogens is 544 g/mol. The third-order valence-corrected chi connectivity index (χ3v) is 9.94. The van der Waals surface area contributed by atoms with Crippen LogP contribution in [0, 0.1) is 46.9 Å². The average Bonchev–Trinajstić information content (AvgIpc) is 3.36. The Morgan fingerprint density at radius 1 is 0.714 bits per heavy atom. The number of fused-ring (bicyclic) bond motifs is 3. The fourth-order valence-electron chi connectivity index (χ4n) is 7.37. The van der Waals surface area contributed by atoms with Gasteiger partial charge in [-0.3, -0.25) is 4.79 Å². The van der Waals surface area contributed by atoms with Crippen molar-refractivity contribution >= 4 is 27.9 Å². The highest BCUT2D eigenvalue weighted by atomic mass is 19.2. The second kappa shape index (κ2) is 13.8. The molecule has 0 unspecified atom stereocenters. The Balaban J connectivity index is 1.29. The van der Waals surface area contributed by atoms with Gasteiger partial charge in [0, 0.05) is 6.07 Å². The summed E-state index contributed by atoms with van der Waals surface area (Å²) in [5.74, 6) is -4.87. The van der Waals surface area contributed by atoms with Crippen molar-refractivity contribution in [2.75, 3.05) is 0 Å². The van der Waals surface area contributed by atoms with Gasteiger partial charge in [-0.15, -0.1) is 0 Å². The molecule has 0 saturated heterocycles. The van der Waals surface area contributed by atoms with Crippen molar-refractivity contribution in [3.63, 3.8) is 0 Å². The maximum atomic E-state index is 15.3. The molecule has 5 rings (SSSR count). The van der Waals surface area contributed by atoms with Gasteiger partial charge in [0.15, 0.2) is 23.2 Å². The lowest BCUT2D eigenvalue weighted by Crippen LogP contribution is -2.26. The lowest BCUT2D eigenvalue weighted by molar-refractivity contribution is -0.140. The third kappa shape index (κ3) is 6.65. The van der Waals surface area contributed by atoms with Crippen molar-refractivity contribution in [3.05, 3.63) is 41.0 Å².